The average molecular weight is 501 g/mol. The van der Waals surface area contributed by atoms with E-state index < -0.39 is 11.7 Å². The van der Waals surface area contributed by atoms with E-state index in [1.54, 1.807) is 29.2 Å². The van der Waals surface area contributed by atoms with Gasteiger partial charge in [0.05, 0.1) is 42.2 Å². The summed E-state index contributed by atoms with van der Waals surface area (Å²) in [5.41, 5.74) is 1.75. The number of nitrogens with one attached hydrogen (secondary N) is 1. The lowest BCUT2D eigenvalue weighted by Crippen LogP contribution is -2.56. The van der Waals surface area contributed by atoms with E-state index in [2.05, 4.69) is 19.9 Å². The number of rotatable bonds is 5. The van der Waals surface area contributed by atoms with Crippen LogP contribution in [0.4, 0.5) is 0 Å². The second-order valence-electron chi connectivity index (χ2n) is 8.68. The number of benzene rings is 1. The molecule has 0 spiro atoms. The van der Waals surface area contributed by atoms with E-state index in [9.17, 15) is 19.5 Å². The molecule has 0 unspecified atom stereocenters. The van der Waals surface area contributed by atoms with Gasteiger partial charge in [-0.2, -0.15) is 0 Å². The first-order valence-corrected chi connectivity index (χ1v) is 11.6. The summed E-state index contributed by atoms with van der Waals surface area (Å²) in [5.74, 6) is -1.46. The third-order valence-electron chi connectivity index (χ3n) is 6.39. The number of H-pyrrole nitrogens is 1. The maximum Gasteiger partial charge on any atom is 0.295 e. The van der Waals surface area contributed by atoms with Crippen molar-refractivity contribution in [3.8, 4) is 23.0 Å². The number of ketones is 1. The Morgan fingerprint density at radius 2 is 1.89 bits per heavy atom. The fourth-order valence-corrected chi connectivity index (χ4v) is 4.57. The summed E-state index contributed by atoms with van der Waals surface area (Å²) in [5, 5.41) is 10.1. The van der Waals surface area contributed by atoms with Crippen molar-refractivity contribution in [1.82, 2.24) is 29.7 Å². The first-order chi connectivity index (χ1) is 17.9. The van der Waals surface area contributed by atoms with Crippen molar-refractivity contribution in [3.63, 3.8) is 0 Å². The van der Waals surface area contributed by atoms with E-state index in [-0.39, 0.29) is 35.6 Å². The number of piperazine rings is 1. The summed E-state index contributed by atoms with van der Waals surface area (Å²) >= 11 is 0. The number of carbonyl (C=O) groups excluding carboxylic acids is 3. The van der Waals surface area contributed by atoms with Crippen LogP contribution in [0.1, 0.15) is 27.6 Å². The highest BCUT2D eigenvalue weighted by Gasteiger charge is 2.35. The molecule has 0 radical (unpaired) electrons. The van der Waals surface area contributed by atoms with Crippen LogP contribution in [-0.4, -0.2) is 85.2 Å². The zero-order chi connectivity index (χ0) is 26.1. The van der Waals surface area contributed by atoms with E-state index in [0.717, 1.165) is 0 Å². The summed E-state index contributed by atoms with van der Waals surface area (Å²) in [6, 6.07) is 8.60. The Balaban J connectivity index is 1.41. The second kappa shape index (κ2) is 9.69. The molecule has 4 aromatic rings. The highest BCUT2D eigenvalue weighted by atomic mass is 16.5. The van der Waals surface area contributed by atoms with Crippen molar-refractivity contribution in [3.05, 3.63) is 66.2 Å². The number of carbonyl (C=O) groups is 3. The molecule has 5 rings (SSSR count). The number of hydrogen-bond acceptors (Lipinski definition) is 8. The van der Waals surface area contributed by atoms with Crippen molar-refractivity contribution < 1.29 is 24.2 Å². The van der Waals surface area contributed by atoms with E-state index in [0.29, 0.717) is 41.0 Å². The molecule has 1 aliphatic heterocycles. The molecule has 1 fully saturated rings. The number of aromatic amines is 1. The van der Waals surface area contributed by atoms with Gasteiger partial charge < -0.3 is 24.6 Å². The number of ether oxygens (including phenoxy) is 1. The van der Waals surface area contributed by atoms with Gasteiger partial charge in [-0.15, -0.1) is 0 Å². The standard InChI is InChI=1S/C26H24N6O5/c1-15-14-31(25(35)16-6-4-3-5-7-16)8-9-32(15)26(36)24(34)17-10-28-23-21(17)19(37-2)12-29-22(23)18-11-27-13-20(33)30-18/h3-7,10-13,15,28H,8-9,14H2,1-2H3,(H,30,33)/t15-/m1/s1. The van der Waals surface area contributed by atoms with Crippen LogP contribution in [-0.2, 0) is 4.79 Å². The van der Waals surface area contributed by atoms with Gasteiger partial charge in [0.15, 0.2) is 0 Å². The molecule has 4 heterocycles. The third-order valence-corrected chi connectivity index (χ3v) is 6.39. The van der Waals surface area contributed by atoms with Gasteiger partial charge in [-0.1, -0.05) is 18.2 Å². The number of Topliss-reactive ketones (excluding diaryl/α,β-unsaturated/α-hetero) is 1. The quantitative estimate of drug-likeness (QED) is 0.314. The Morgan fingerprint density at radius 3 is 2.59 bits per heavy atom. The van der Waals surface area contributed by atoms with Crippen LogP contribution < -0.4 is 4.74 Å². The smallest absolute Gasteiger partial charge is 0.295 e. The number of hydrogen-bond donors (Lipinski definition) is 2. The minimum Gasteiger partial charge on any atom is -0.494 e. The molecular weight excluding hydrogens is 476 g/mol. The normalized spacial score (nSPS) is 15.6. The van der Waals surface area contributed by atoms with Gasteiger partial charge in [0.1, 0.15) is 17.1 Å². The molecule has 2 amide bonds. The maximum atomic E-state index is 13.4. The molecule has 11 heteroatoms. The zero-order valence-corrected chi connectivity index (χ0v) is 20.2. The average Bonchev–Trinajstić information content (AvgIpc) is 3.37. The Morgan fingerprint density at radius 1 is 1.11 bits per heavy atom. The van der Waals surface area contributed by atoms with Gasteiger partial charge in [-0.3, -0.25) is 19.4 Å². The largest absolute Gasteiger partial charge is 0.494 e. The molecule has 0 bridgehead atoms. The van der Waals surface area contributed by atoms with E-state index in [1.807, 2.05) is 13.0 Å². The first kappa shape index (κ1) is 23.9. The van der Waals surface area contributed by atoms with Gasteiger partial charge >= 0.3 is 0 Å². The lowest BCUT2D eigenvalue weighted by atomic mass is 10.0. The van der Waals surface area contributed by atoms with Crippen LogP contribution in [0.2, 0.25) is 0 Å². The number of fused-ring (bicyclic) bond motifs is 1. The van der Waals surface area contributed by atoms with Crippen LogP contribution >= 0.6 is 0 Å². The minimum absolute atomic E-state index is 0.109. The third kappa shape index (κ3) is 4.35. The maximum absolute atomic E-state index is 13.4. The van der Waals surface area contributed by atoms with Crippen molar-refractivity contribution in [1.29, 1.82) is 0 Å². The topological polar surface area (TPSA) is 142 Å². The molecule has 2 N–H and O–H groups in total. The molecule has 1 saturated heterocycles. The van der Waals surface area contributed by atoms with E-state index in [4.69, 9.17) is 4.74 Å². The summed E-state index contributed by atoms with van der Waals surface area (Å²) in [6.07, 6.45) is 5.49. The highest BCUT2D eigenvalue weighted by Crippen LogP contribution is 2.34. The van der Waals surface area contributed by atoms with E-state index in [1.165, 1.54) is 36.8 Å². The molecular formula is C26H24N6O5. The SMILES string of the molecule is COc1cnc(-c2cncc(O)n2)c2[nH]cc(C(=O)C(=O)N3CCN(C(=O)c4ccccc4)C[C@H]3C)c12. The van der Waals surface area contributed by atoms with Crippen LogP contribution in [0.15, 0.2) is 55.1 Å². The first-order valence-electron chi connectivity index (χ1n) is 11.6. The van der Waals surface area contributed by atoms with Crippen molar-refractivity contribution in [2.24, 2.45) is 0 Å². The second-order valence-corrected chi connectivity index (χ2v) is 8.68. The Labute approximate surface area is 211 Å². The minimum atomic E-state index is -0.710. The van der Waals surface area contributed by atoms with Crippen LogP contribution in [0.3, 0.4) is 0 Å². The number of amides is 2. The Hall–Kier alpha value is -4.80. The number of aromatic hydroxyl groups is 1. The van der Waals surface area contributed by atoms with Gasteiger partial charge in [0.25, 0.3) is 17.6 Å². The summed E-state index contributed by atoms with van der Waals surface area (Å²) in [7, 11) is 1.44. The number of nitrogens with zero attached hydrogens (tertiary/aromatic N) is 5. The monoisotopic (exact) mass is 500 g/mol. The molecule has 1 atom stereocenters. The zero-order valence-electron chi connectivity index (χ0n) is 20.2. The lowest BCUT2D eigenvalue weighted by Gasteiger charge is -2.39. The van der Waals surface area contributed by atoms with Gasteiger partial charge in [0.2, 0.25) is 5.88 Å². The number of aromatic nitrogens is 4. The molecule has 1 aliphatic rings. The van der Waals surface area contributed by atoms with Gasteiger partial charge in [0, 0.05) is 37.4 Å². The fraction of sp³-hybridized carbons (Fsp3) is 0.231. The van der Waals surface area contributed by atoms with Crippen molar-refractivity contribution in [2.45, 2.75) is 13.0 Å². The van der Waals surface area contributed by atoms with Crippen LogP contribution in [0.25, 0.3) is 22.3 Å². The predicted octanol–water partition coefficient (Wildman–Crippen LogP) is 2.29. The number of methoxy groups -OCH3 is 1. The van der Waals surface area contributed by atoms with E-state index >= 15 is 0 Å². The van der Waals surface area contributed by atoms with Crippen molar-refractivity contribution >= 4 is 28.5 Å². The van der Waals surface area contributed by atoms with Crippen LogP contribution in [0.5, 0.6) is 11.6 Å². The van der Waals surface area contributed by atoms with Gasteiger partial charge in [-0.05, 0) is 19.1 Å². The summed E-state index contributed by atoms with van der Waals surface area (Å²) in [6.45, 7) is 2.68. The molecule has 1 aromatic carbocycles. The lowest BCUT2D eigenvalue weighted by molar-refractivity contribution is -0.130. The highest BCUT2D eigenvalue weighted by molar-refractivity contribution is 6.45. The fourth-order valence-electron chi connectivity index (χ4n) is 4.57. The van der Waals surface area contributed by atoms with Crippen molar-refractivity contribution in [2.75, 3.05) is 26.7 Å². The summed E-state index contributed by atoms with van der Waals surface area (Å²) in [4.78, 5) is 58.1. The molecule has 11 nitrogen and oxygen atoms in total. The predicted molar refractivity (Wildman–Crippen MR) is 133 cm³/mol. The Kier molecular flexibility index (Phi) is 6.26. The molecule has 37 heavy (non-hydrogen) atoms. The molecule has 0 saturated carbocycles. The molecule has 188 valence electrons. The summed E-state index contributed by atoms with van der Waals surface area (Å²) < 4.78 is 5.43. The molecule has 3 aromatic heterocycles. The van der Waals surface area contributed by atoms with Gasteiger partial charge in [-0.25, -0.2) is 9.97 Å². The number of pyridine rings is 1. The molecule has 0 aliphatic carbocycles. The van der Waals surface area contributed by atoms with Crippen LogP contribution in [0, 0.1) is 0 Å². The Bertz CT molecular complexity index is 1500.